The SMILES string of the molecule is CC[C@H](c1ccc(F)cc1F)N(Cc1cccc(C(=O)OC)n1)C(=O)c1cc2ccccn2n1. The van der Waals surface area contributed by atoms with E-state index in [1.807, 2.05) is 12.1 Å². The molecule has 1 atom stereocenters. The van der Waals surface area contributed by atoms with Crippen LogP contribution in [-0.4, -0.2) is 38.5 Å². The van der Waals surface area contributed by atoms with Crippen LogP contribution in [0.2, 0.25) is 0 Å². The Morgan fingerprint density at radius 1 is 1.06 bits per heavy atom. The smallest absolute Gasteiger partial charge is 0.356 e. The Balaban J connectivity index is 1.77. The van der Waals surface area contributed by atoms with Gasteiger partial charge in [-0.1, -0.05) is 25.1 Å². The monoisotopic (exact) mass is 464 g/mol. The topological polar surface area (TPSA) is 76.8 Å². The molecule has 4 rings (SSSR count). The van der Waals surface area contributed by atoms with Crippen LogP contribution in [0.25, 0.3) is 5.52 Å². The van der Waals surface area contributed by atoms with Crippen molar-refractivity contribution < 1.29 is 23.1 Å². The molecule has 1 amide bonds. The minimum atomic E-state index is -0.754. The highest BCUT2D eigenvalue weighted by Crippen LogP contribution is 2.30. The van der Waals surface area contributed by atoms with E-state index in [2.05, 4.69) is 10.1 Å². The molecule has 0 unspecified atom stereocenters. The molecule has 4 aromatic rings. The maximum absolute atomic E-state index is 14.8. The van der Waals surface area contributed by atoms with Crippen molar-refractivity contribution >= 4 is 17.4 Å². The molecule has 0 fully saturated rings. The fraction of sp³-hybridized carbons (Fsp3) is 0.200. The highest BCUT2D eigenvalue weighted by molar-refractivity contribution is 5.94. The number of hydrogen-bond donors (Lipinski definition) is 0. The number of nitrogens with zero attached hydrogens (tertiary/aromatic N) is 4. The second kappa shape index (κ2) is 9.78. The van der Waals surface area contributed by atoms with E-state index in [4.69, 9.17) is 4.74 Å². The number of benzene rings is 1. The summed E-state index contributed by atoms with van der Waals surface area (Å²) in [5.41, 5.74) is 1.54. The van der Waals surface area contributed by atoms with Crippen molar-refractivity contribution in [1.29, 1.82) is 0 Å². The van der Waals surface area contributed by atoms with E-state index in [9.17, 15) is 18.4 Å². The van der Waals surface area contributed by atoms with E-state index in [-0.39, 0.29) is 23.5 Å². The van der Waals surface area contributed by atoms with Gasteiger partial charge in [0, 0.05) is 17.8 Å². The second-order valence-corrected chi connectivity index (χ2v) is 7.63. The summed E-state index contributed by atoms with van der Waals surface area (Å²) in [5, 5.41) is 4.36. The molecule has 0 spiro atoms. The van der Waals surface area contributed by atoms with Crippen LogP contribution in [0.3, 0.4) is 0 Å². The summed E-state index contributed by atoms with van der Waals surface area (Å²) in [6.07, 6.45) is 2.06. The van der Waals surface area contributed by atoms with Gasteiger partial charge in [0.25, 0.3) is 5.91 Å². The van der Waals surface area contributed by atoms with Crippen LogP contribution in [0.5, 0.6) is 0 Å². The maximum Gasteiger partial charge on any atom is 0.356 e. The lowest BCUT2D eigenvalue weighted by Gasteiger charge is -2.31. The van der Waals surface area contributed by atoms with Crippen molar-refractivity contribution in [2.24, 2.45) is 0 Å². The fourth-order valence-electron chi connectivity index (χ4n) is 3.85. The number of rotatable bonds is 7. The Hall–Kier alpha value is -4.14. The third-order valence-electron chi connectivity index (χ3n) is 5.47. The van der Waals surface area contributed by atoms with Gasteiger partial charge in [-0.2, -0.15) is 5.10 Å². The lowest BCUT2D eigenvalue weighted by atomic mass is 10.0. The highest BCUT2D eigenvalue weighted by atomic mass is 19.1. The lowest BCUT2D eigenvalue weighted by Crippen LogP contribution is -2.35. The van der Waals surface area contributed by atoms with Gasteiger partial charge in [0.2, 0.25) is 0 Å². The Bertz CT molecular complexity index is 1320. The van der Waals surface area contributed by atoms with Crippen LogP contribution in [0.4, 0.5) is 8.78 Å². The zero-order chi connectivity index (χ0) is 24.2. The molecular formula is C25H22F2N4O3. The Morgan fingerprint density at radius 2 is 1.88 bits per heavy atom. The van der Waals surface area contributed by atoms with Crippen LogP contribution in [0.15, 0.2) is 66.9 Å². The number of pyridine rings is 2. The maximum atomic E-state index is 14.8. The molecule has 0 aliphatic heterocycles. The third-order valence-corrected chi connectivity index (χ3v) is 5.47. The molecule has 1 aromatic carbocycles. The quantitative estimate of drug-likeness (QED) is 0.374. The number of carbonyl (C=O) groups is 2. The molecule has 9 heteroatoms. The van der Waals surface area contributed by atoms with Gasteiger partial charge in [0.05, 0.1) is 30.9 Å². The van der Waals surface area contributed by atoms with Crippen molar-refractivity contribution in [1.82, 2.24) is 19.5 Å². The van der Waals surface area contributed by atoms with Crippen molar-refractivity contribution in [2.45, 2.75) is 25.9 Å². The Kier molecular flexibility index (Phi) is 6.62. The summed E-state index contributed by atoms with van der Waals surface area (Å²) in [5.74, 6) is -2.53. The molecule has 0 aliphatic rings. The molecule has 7 nitrogen and oxygen atoms in total. The first kappa shape index (κ1) is 23.0. The van der Waals surface area contributed by atoms with Gasteiger partial charge in [-0.05, 0) is 42.8 Å². The van der Waals surface area contributed by atoms with Crippen molar-refractivity contribution in [3.63, 3.8) is 0 Å². The first-order chi connectivity index (χ1) is 16.4. The average molecular weight is 464 g/mol. The predicted octanol–water partition coefficient (Wildman–Crippen LogP) is 4.59. The molecule has 0 radical (unpaired) electrons. The average Bonchev–Trinajstić information content (AvgIpc) is 3.28. The summed E-state index contributed by atoms with van der Waals surface area (Å²) in [6.45, 7) is 1.77. The van der Waals surface area contributed by atoms with E-state index in [0.29, 0.717) is 12.1 Å². The number of esters is 1. The zero-order valence-electron chi connectivity index (χ0n) is 18.6. The van der Waals surface area contributed by atoms with Gasteiger partial charge < -0.3 is 9.64 Å². The predicted molar refractivity (Wildman–Crippen MR) is 120 cm³/mol. The molecule has 0 aliphatic carbocycles. The third kappa shape index (κ3) is 4.63. The zero-order valence-corrected chi connectivity index (χ0v) is 18.6. The highest BCUT2D eigenvalue weighted by Gasteiger charge is 2.29. The van der Waals surface area contributed by atoms with Crippen LogP contribution >= 0.6 is 0 Å². The molecule has 3 heterocycles. The van der Waals surface area contributed by atoms with Crippen molar-refractivity contribution in [3.8, 4) is 0 Å². The van der Waals surface area contributed by atoms with Crippen LogP contribution in [0.1, 0.15) is 51.6 Å². The number of ether oxygens (including phenoxy) is 1. The summed E-state index contributed by atoms with van der Waals surface area (Å²) in [4.78, 5) is 31.3. The van der Waals surface area contributed by atoms with Crippen LogP contribution < -0.4 is 0 Å². The number of carbonyl (C=O) groups excluding carboxylic acids is 2. The normalized spacial score (nSPS) is 11.9. The van der Waals surface area contributed by atoms with Gasteiger partial charge in [-0.15, -0.1) is 0 Å². The largest absolute Gasteiger partial charge is 0.464 e. The second-order valence-electron chi connectivity index (χ2n) is 7.63. The van der Waals surface area contributed by atoms with E-state index in [1.54, 1.807) is 41.9 Å². The molecule has 0 N–H and O–H groups in total. The summed E-state index contributed by atoms with van der Waals surface area (Å²) in [6, 6.07) is 14.4. The Labute approximate surface area is 194 Å². The number of methoxy groups -OCH3 is 1. The van der Waals surface area contributed by atoms with Gasteiger partial charge in [-0.3, -0.25) is 4.79 Å². The lowest BCUT2D eigenvalue weighted by molar-refractivity contribution is 0.0593. The Morgan fingerprint density at radius 3 is 2.59 bits per heavy atom. The van der Waals surface area contributed by atoms with Gasteiger partial charge >= 0.3 is 5.97 Å². The van der Waals surface area contributed by atoms with Crippen LogP contribution in [-0.2, 0) is 11.3 Å². The summed E-state index contributed by atoms with van der Waals surface area (Å²) < 4.78 is 34.6. The first-order valence-electron chi connectivity index (χ1n) is 10.7. The summed E-state index contributed by atoms with van der Waals surface area (Å²) in [7, 11) is 1.25. The number of hydrogen-bond acceptors (Lipinski definition) is 5. The van der Waals surface area contributed by atoms with Gasteiger partial charge in [-0.25, -0.2) is 23.1 Å². The minimum absolute atomic E-state index is 0.0349. The fourth-order valence-corrected chi connectivity index (χ4v) is 3.85. The number of halogens is 2. The number of fused-ring (bicyclic) bond motifs is 1. The molecule has 3 aromatic heterocycles. The number of aromatic nitrogens is 3. The van der Waals surface area contributed by atoms with Gasteiger partial charge in [0.1, 0.15) is 17.3 Å². The van der Waals surface area contributed by atoms with E-state index >= 15 is 0 Å². The molecular weight excluding hydrogens is 442 g/mol. The van der Waals surface area contributed by atoms with E-state index in [1.165, 1.54) is 24.1 Å². The van der Waals surface area contributed by atoms with Crippen LogP contribution in [0, 0.1) is 11.6 Å². The molecule has 174 valence electrons. The molecule has 0 bridgehead atoms. The minimum Gasteiger partial charge on any atom is -0.464 e. The van der Waals surface area contributed by atoms with Gasteiger partial charge in [0.15, 0.2) is 5.69 Å². The molecule has 0 saturated carbocycles. The summed E-state index contributed by atoms with van der Waals surface area (Å²) >= 11 is 0. The van der Waals surface area contributed by atoms with Crippen molar-refractivity contribution in [2.75, 3.05) is 7.11 Å². The molecule has 34 heavy (non-hydrogen) atoms. The standard InChI is InChI=1S/C25H22F2N4O3/c1-3-23(19-11-10-16(26)13-20(19)27)30(15-17-7-6-9-21(28-17)25(33)34-2)24(32)22-14-18-8-4-5-12-31(18)29-22/h4-14,23H,3,15H2,1-2H3/t23-/m1/s1. The van der Waals surface area contributed by atoms with Crippen molar-refractivity contribution in [3.05, 3.63) is 101 Å². The first-order valence-corrected chi connectivity index (χ1v) is 10.7. The number of amides is 1. The van der Waals surface area contributed by atoms with E-state index < -0.39 is 29.6 Å². The van der Waals surface area contributed by atoms with E-state index in [0.717, 1.165) is 17.6 Å². The molecule has 0 saturated heterocycles.